The molecule has 0 spiro atoms. The Morgan fingerprint density at radius 3 is 2.39 bits per heavy atom. The van der Waals surface area contributed by atoms with Gasteiger partial charge in [-0.05, 0) is 56.3 Å². The molecule has 10 heteroatoms. The lowest BCUT2D eigenvalue weighted by atomic mass is 10.2. The zero-order valence-corrected chi connectivity index (χ0v) is 17.0. The molecule has 0 aromatic heterocycles. The van der Waals surface area contributed by atoms with E-state index in [-0.39, 0.29) is 31.0 Å². The highest BCUT2D eigenvalue weighted by Gasteiger charge is 2.30. The fourth-order valence-corrected chi connectivity index (χ4v) is 2.46. The van der Waals surface area contributed by atoms with E-state index in [9.17, 15) is 27.9 Å². The summed E-state index contributed by atoms with van der Waals surface area (Å²) in [7, 11) is 0. The van der Waals surface area contributed by atoms with Crippen LogP contribution in [0.1, 0.15) is 29.8 Å². The third kappa shape index (κ3) is 8.17. The number of alkyl halides is 3. The van der Waals surface area contributed by atoms with Gasteiger partial charge >= 0.3 is 12.2 Å². The maximum absolute atomic E-state index is 12.7. The van der Waals surface area contributed by atoms with Gasteiger partial charge in [-0.25, -0.2) is 4.79 Å². The average molecular weight is 439 g/mol. The molecule has 2 rings (SSSR count). The van der Waals surface area contributed by atoms with E-state index in [0.717, 1.165) is 12.1 Å². The second kappa shape index (κ2) is 10.7. The lowest BCUT2D eigenvalue weighted by molar-refractivity contribution is -0.137. The first kappa shape index (κ1) is 24.0. The monoisotopic (exact) mass is 439 g/mol. The molecule has 1 atom stereocenters. The van der Waals surface area contributed by atoms with Crippen molar-refractivity contribution in [3.8, 4) is 5.75 Å². The third-order valence-electron chi connectivity index (χ3n) is 3.93. The van der Waals surface area contributed by atoms with Crippen LogP contribution in [0.2, 0.25) is 0 Å². The fraction of sp³-hybridized carbons (Fsp3) is 0.333. The Kier molecular flexibility index (Phi) is 8.26. The standard InChI is InChI=1S/C21H24F3N3O4/c1-13(2)26-20(30)27-16-8-6-14(7-9-16)19(29)25-11-17(28)12-31-18-5-3-4-15(10-18)21(22,23)24/h3-10,13,17,28H,11-12H2,1-2H3,(H,25,29)(H2,26,27,30). The maximum atomic E-state index is 12.7. The summed E-state index contributed by atoms with van der Waals surface area (Å²) in [5.74, 6) is -0.499. The first-order valence-electron chi connectivity index (χ1n) is 9.48. The SMILES string of the molecule is CC(C)NC(=O)Nc1ccc(C(=O)NCC(O)COc2cccc(C(F)(F)F)c2)cc1. The molecule has 0 bridgehead atoms. The van der Waals surface area contributed by atoms with Crippen molar-refractivity contribution in [2.75, 3.05) is 18.5 Å². The number of aliphatic hydroxyl groups excluding tert-OH is 1. The van der Waals surface area contributed by atoms with E-state index in [1.54, 1.807) is 12.1 Å². The topological polar surface area (TPSA) is 99.7 Å². The Hall–Kier alpha value is -3.27. The molecule has 31 heavy (non-hydrogen) atoms. The molecule has 1 unspecified atom stereocenters. The number of carbonyl (C=O) groups is 2. The molecule has 0 saturated carbocycles. The highest BCUT2D eigenvalue weighted by atomic mass is 19.4. The van der Waals surface area contributed by atoms with Crippen molar-refractivity contribution in [3.05, 3.63) is 59.7 Å². The predicted molar refractivity (Wildman–Crippen MR) is 109 cm³/mol. The molecule has 4 N–H and O–H groups in total. The molecule has 2 aromatic rings. The van der Waals surface area contributed by atoms with E-state index >= 15 is 0 Å². The van der Waals surface area contributed by atoms with Gasteiger partial charge in [-0.1, -0.05) is 6.07 Å². The minimum absolute atomic E-state index is 0.0194. The van der Waals surface area contributed by atoms with Crippen molar-refractivity contribution in [3.63, 3.8) is 0 Å². The van der Waals surface area contributed by atoms with Gasteiger partial charge in [-0.3, -0.25) is 4.79 Å². The molecule has 0 fully saturated rings. The van der Waals surface area contributed by atoms with Crippen molar-refractivity contribution in [1.29, 1.82) is 0 Å². The Balaban J connectivity index is 1.79. The van der Waals surface area contributed by atoms with Gasteiger partial charge in [0.15, 0.2) is 0 Å². The van der Waals surface area contributed by atoms with Gasteiger partial charge in [-0.15, -0.1) is 0 Å². The summed E-state index contributed by atoms with van der Waals surface area (Å²) in [5, 5.41) is 17.7. The third-order valence-corrected chi connectivity index (χ3v) is 3.93. The molecule has 168 valence electrons. The second-order valence-corrected chi connectivity index (χ2v) is 7.03. The number of aliphatic hydroxyl groups is 1. The van der Waals surface area contributed by atoms with Crippen LogP contribution in [-0.2, 0) is 6.18 Å². The number of hydrogen-bond acceptors (Lipinski definition) is 4. The number of carbonyl (C=O) groups excluding carboxylic acids is 2. The Bertz CT molecular complexity index is 886. The summed E-state index contributed by atoms with van der Waals surface area (Å²) >= 11 is 0. The maximum Gasteiger partial charge on any atom is 0.416 e. The van der Waals surface area contributed by atoms with Crippen LogP contribution in [0.15, 0.2) is 48.5 Å². The van der Waals surface area contributed by atoms with Crippen LogP contribution in [0.3, 0.4) is 0 Å². The van der Waals surface area contributed by atoms with Gasteiger partial charge in [0.2, 0.25) is 0 Å². The first-order valence-corrected chi connectivity index (χ1v) is 9.48. The van der Waals surface area contributed by atoms with Gasteiger partial charge in [0.25, 0.3) is 5.91 Å². The smallest absolute Gasteiger partial charge is 0.416 e. The minimum atomic E-state index is -4.49. The van der Waals surface area contributed by atoms with Gasteiger partial charge in [0.05, 0.1) is 5.56 Å². The molecule has 0 heterocycles. The predicted octanol–water partition coefficient (Wildman–Crippen LogP) is 3.41. The summed E-state index contributed by atoms with van der Waals surface area (Å²) in [5.41, 5.74) is -0.0440. The Morgan fingerprint density at radius 1 is 1.10 bits per heavy atom. The number of rotatable bonds is 8. The molecule has 0 saturated heterocycles. The number of anilines is 1. The highest BCUT2D eigenvalue weighted by molar-refractivity contribution is 5.95. The van der Waals surface area contributed by atoms with Gasteiger partial charge in [-0.2, -0.15) is 13.2 Å². The highest BCUT2D eigenvalue weighted by Crippen LogP contribution is 2.31. The quantitative estimate of drug-likeness (QED) is 0.507. The number of ether oxygens (including phenoxy) is 1. The molecular formula is C21H24F3N3O4. The number of amides is 3. The van der Waals surface area contributed by atoms with Crippen molar-refractivity contribution in [2.24, 2.45) is 0 Å². The van der Waals surface area contributed by atoms with Crippen LogP contribution in [0.25, 0.3) is 0 Å². The van der Waals surface area contributed by atoms with E-state index in [4.69, 9.17) is 4.74 Å². The van der Waals surface area contributed by atoms with E-state index in [0.29, 0.717) is 11.3 Å². The van der Waals surface area contributed by atoms with Crippen LogP contribution < -0.4 is 20.7 Å². The van der Waals surface area contributed by atoms with Gasteiger partial charge < -0.3 is 25.8 Å². The van der Waals surface area contributed by atoms with Crippen molar-refractivity contribution in [1.82, 2.24) is 10.6 Å². The molecule has 2 aromatic carbocycles. The number of benzene rings is 2. The number of halogens is 3. The summed E-state index contributed by atoms with van der Waals surface area (Å²) < 4.78 is 43.3. The number of urea groups is 1. The Morgan fingerprint density at radius 2 is 1.77 bits per heavy atom. The zero-order chi connectivity index (χ0) is 23.0. The first-order chi connectivity index (χ1) is 14.5. The zero-order valence-electron chi connectivity index (χ0n) is 17.0. The molecule has 0 aliphatic carbocycles. The van der Waals surface area contributed by atoms with Crippen LogP contribution in [0.5, 0.6) is 5.75 Å². The molecule has 0 aliphatic heterocycles. The van der Waals surface area contributed by atoms with Crippen molar-refractivity contribution >= 4 is 17.6 Å². The van der Waals surface area contributed by atoms with Crippen molar-refractivity contribution < 1.29 is 32.6 Å². The minimum Gasteiger partial charge on any atom is -0.491 e. The lowest BCUT2D eigenvalue weighted by Gasteiger charge is -2.15. The largest absolute Gasteiger partial charge is 0.491 e. The summed E-state index contributed by atoms with van der Waals surface area (Å²) in [6.45, 7) is 3.20. The van der Waals surface area contributed by atoms with E-state index < -0.39 is 23.8 Å². The van der Waals surface area contributed by atoms with Crippen LogP contribution >= 0.6 is 0 Å². The van der Waals surface area contributed by atoms with Crippen LogP contribution in [0, 0.1) is 0 Å². The van der Waals surface area contributed by atoms with Crippen LogP contribution in [-0.4, -0.2) is 42.3 Å². The van der Waals surface area contributed by atoms with Gasteiger partial charge in [0, 0.05) is 23.8 Å². The molecular weight excluding hydrogens is 415 g/mol. The second-order valence-electron chi connectivity index (χ2n) is 7.03. The van der Waals surface area contributed by atoms with Crippen molar-refractivity contribution in [2.45, 2.75) is 32.2 Å². The van der Waals surface area contributed by atoms with E-state index in [1.165, 1.54) is 24.3 Å². The summed E-state index contributed by atoms with van der Waals surface area (Å²) in [6.07, 6.45) is -5.62. The Labute approximate surface area is 177 Å². The molecule has 0 radical (unpaired) electrons. The number of hydrogen-bond donors (Lipinski definition) is 4. The lowest BCUT2D eigenvalue weighted by Crippen LogP contribution is -2.35. The normalized spacial score (nSPS) is 12.2. The van der Waals surface area contributed by atoms with E-state index in [2.05, 4.69) is 16.0 Å². The fourth-order valence-electron chi connectivity index (χ4n) is 2.46. The summed E-state index contributed by atoms with van der Waals surface area (Å²) in [6, 6.07) is 10.0. The molecule has 0 aliphatic rings. The summed E-state index contributed by atoms with van der Waals surface area (Å²) in [4.78, 5) is 23.8. The molecule has 7 nitrogen and oxygen atoms in total. The average Bonchev–Trinajstić information content (AvgIpc) is 2.70. The van der Waals surface area contributed by atoms with Gasteiger partial charge in [0.1, 0.15) is 18.5 Å². The number of nitrogens with one attached hydrogen (secondary N) is 3. The molecule has 3 amide bonds. The van der Waals surface area contributed by atoms with Crippen LogP contribution in [0.4, 0.5) is 23.7 Å². The van der Waals surface area contributed by atoms with E-state index in [1.807, 2.05) is 13.8 Å².